The van der Waals surface area contributed by atoms with Gasteiger partial charge in [-0.1, -0.05) is 13.2 Å². The van der Waals surface area contributed by atoms with Gasteiger partial charge in [-0.15, -0.1) is 0 Å². The van der Waals surface area contributed by atoms with Gasteiger partial charge in [0, 0.05) is 5.57 Å². The molecular weight excluding hydrogens is 130 g/mol. The SMILES string of the molecule is C=C(C)C(N)=O.C=COC. The summed E-state index contributed by atoms with van der Waals surface area (Å²) in [5.41, 5.74) is 5.09. The number of carbonyl (C=O) groups excluding carboxylic acids is 1. The Kier molecular flexibility index (Phi) is 8.94. The topological polar surface area (TPSA) is 52.3 Å². The number of ether oxygens (including phenoxy) is 1. The Balaban J connectivity index is 0. The van der Waals surface area contributed by atoms with Crippen molar-refractivity contribution in [2.75, 3.05) is 7.11 Å². The highest BCUT2D eigenvalue weighted by molar-refractivity contribution is 5.90. The molecule has 0 spiro atoms. The van der Waals surface area contributed by atoms with Gasteiger partial charge < -0.3 is 10.5 Å². The van der Waals surface area contributed by atoms with Gasteiger partial charge in [0.05, 0.1) is 13.4 Å². The summed E-state index contributed by atoms with van der Waals surface area (Å²) in [6.07, 6.45) is 1.38. The maximum atomic E-state index is 9.82. The van der Waals surface area contributed by atoms with E-state index in [1.54, 1.807) is 14.0 Å². The summed E-state index contributed by atoms with van der Waals surface area (Å²) >= 11 is 0. The van der Waals surface area contributed by atoms with Crippen molar-refractivity contribution in [2.24, 2.45) is 5.73 Å². The van der Waals surface area contributed by atoms with E-state index in [4.69, 9.17) is 5.73 Å². The van der Waals surface area contributed by atoms with Gasteiger partial charge in [0.1, 0.15) is 0 Å². The zero-order valence-corrected chi connectivity index (χ0v) is 6.39. The Hall–Kier alpha value is -1.25. The normalized spacial score (nSPS) is 6.60. The standard InChI is InChI=1S/C4H7NO.C3H6O/c1-3(2)4(5)6;1-3-4-2/h1H2,2H3,(H2,5,6);3H,1H2,2H3. The predicted molar refractivity (Wildman–Crippen MR) is 41.2 cm³/mol. The number of primary amides is 1. The first-order chi connectivity index (χ1) is 4.56. The number of nitrogens with two attached hydrogens (primary N) is 1. The van der Waals surface area contributed by atoms with E-state index in [9.17, 15) is 4.79 Å². The number of methoxy groups -OCH3 is 1. The van der Waals surface area contributed by atoms with Crippen LogP contribution in [0.4, 0.5) is 0 Å². The molecule has 3 nitrogen and oxygen atoms in total. The molecule has 0 unspecified atom stereocenters. The second-order valence-corrected chi connectivity index (χ2v) is 1.55. The van der Waals surface area contributed by atoms with Gasteiger partial charge in [-0.3, -0.25) is 4.79 Å². The molecule has 10 heavy (non-hydrogen) atoms. The highest BCUT2D eigenvalue weighted by Crippen LogP contribution is 1.78. The molecule has 0 aromatic carbocycles. The molecule has 3 heteroatoms. The predicted octanol–water partition coefficient (Wildman–Crippen LogP) is 0.824. The van der Waals surface area contributed by atoms with E-state index in [-0.39, 0.29) is 0 Å². The third-order valence-corrected chi connectivity index (χ3v) is 0.587. The van der Waals surface area contributed by atoms with E-state index in [0.717, 1.165) is 0 Å². The van der Waals surface area contributed by atoms with E-state index in [2.05, 4.69) is 17.9 Å². The Morgan fingerprint density at radius 3 is 1.90 bits per heavy atom. The number of amides is 1. The third-order valence-electron chi connectivity index (χ3n) is 0.587. The summed E-state index contributed by atoms with van der Waals surface area (Å²) in [6.45, 7) is 8.11. The summed E-state index contributed by atoms with van der Waals surface area (Å²) < 4.78 is 4.31. The molecule has 0 aromatic rings. The van der Waals surface area contributed by atoms with Crippen LogP contribution in [0.3, 0.4) is 0 Å². The van der Waals surface area contributed by atoms with Crippen LogP contribution in [-0.2, 0) is 9.53 Å². The van der Waals surface area contributed by atoms with Crippen molar-refractivity contribution in [3.8, 4) is 0 Å². The van der Waals surface area contributed by atoms with Crippen molar-refractivity contribution in [2.45, 2.75) is 6.92 Å². The van der Waals surface area contributed by atoms with Gasteiger partial charge in [0.2, 0.25) is 5.91 Å². The Morgan fingerprint density at radius 2 is 1.90 bits per heavy atom. The second kappa shape index (κ2) is 7.75. The van der Waals surface area contributed by atoms with Crippen molar-refractivity contribution in [3.05, 3.63) is 25.0 Å². The van der Waals surface area contributed by atoms with Crippen molar-refractivity contribution in [3.63, 3.8) is 0 Å². The quantitative estimate of drug-likeness (QED) is 0.459. The van der Waals surface area contributed by atoms with Crippen LogP contribution >= 0.6 is 0 Å². The smallest absolute Gasteiger partial charge is 0.243 e. The van der Waals surface area contributed by atoms with E-state index < -0.39 is 5.91 Å². The zero-order chi connectivity index (χ0) is 8.57. The lowest BCUT2D eigenvalue weighted by Gasteiger charge is -1.81. The van der Waals surface area contributed by atoms with Crippen molar-refractivity contribution in [1.29, 1.82) is 0 Å². The largest absolute Gasteiger partial charge is 0.505 e. The molecule has 0 bridgehead atoms. The van der Waals surface area contributed by atoms with Gasteiger partial charge in [0.25, 0.3) is 0 Å². The highest BCUT2D eigenvalue weighted by atomic mass is 16.5. The highest BCUT2D eigenvalue weighted by Gasteiger charge is 1.86. The fraction of sp³-hybridized carbons (Fsp3) is 0.286. The zero-order valence-electron chi connectivity index (χ0n) is 6.39. The molecule has 0 fully saturated rings. The van der Waals surface area contributed by atoms with E-state index >= 15 is 0 Å². The Morgan fingerprint density at radius 1 is 1.70 bits per heavy atom. The third kappa shape index (κ3) is 15.9. The van der Waals surface area contributed by atoms with Crippen molar-refractivity contribution < 1.29 is 9.53 Å². The average Bonchev–Trinajstić information content (AvgIpc) is 1.89. The van der Waals surface area contributed by atoms with Crippen LogP contribution < -0.4 is 5.73 Å². The van der Waals surface area contributed by atoms with Crippen LogP contribution in [0.15, 0.2) is 25.0 Å². The first-order valence-electron chi connectivity index (χ1n) is 2.65. The summed E-state index contributed by atoms with van der Waals surface area (Å²) in [5, 5.41) is 0. The fourth-order valence-electron chi connectivity index (χ4n) is 0. The molecule has 0 aliphatic heterocycles. The Bertz CT molecular complexity index is 118. The maximum Gasteiger partial charge on any atom is 0.243 e. The minimum Gasteiger partial charge on any atom is -0.505 e. The van der Waals surface area contributed by atoms with Crippen LogP contribution in [0.1, 0.15) is 6.92 Å². The molecule has 0 aliphatic rings. The fourth-order valence-corrected chi connectivity index (χ4v) is 0. The van der Waals surface area contributed by atoms with Crippen LogP contribution in [0, 0.1) is 0 Å². The van der Waals surface area contributed by atoms with Crippen molar-refractivity contribution >= 4 is 5.91 Å². The van der Waals surface area contributed by atoms with Crippen LogP contribution in [0.2, 0.25) is 0 Å². The number of rotatable bonds is 2. The van der Waals surface area contributed by atoms with Gasteiger partial charge in [0.15, 0.2) is 0 Å². The van der Waals surface area contributed by atoms with Gasteiger partial charge in [-0.2, -0.15) is 0 Å². The van der Waals surface area contributed by atoms with Gasteiger partial charge in [-0.25, -0.2) is 0 Å². The monoisotopic (exact) mass is 143 g/mol. The molecule has 0 atom stereocenters. The lowest BCUT2D eigenvalue weighted by molar-refractivity contribution is -0.114. The summed E-state index contributed by atoms with van der Waals surface area (Å²) in [7, 11) is 1.56. The summed E-state index contributed by atoms with van der Waals surface area (Å²) in [4.78, 5) is 9.82. The van der Waals surface area contributed by atoms with E-state index in [0.29, 0.717) is 5.57 Å². The number of hydrogen-bond donors (Lipinski definition) is 1. The molecule has 58 valence electrons. The Labute approximate surface area is 61.2 Å². The molecule has 0 aromatic heterocycles. The molecule has 0 rings (SSSR count). The van der Waals surface area contributed by atoms with Crippen LogP contribution in [0.5, 0.6) is 0 Å². The van der Waals surface area contributed by atoms with E-state index in [1.165, 1.54) is 6.26 Å². The summed E-state index contributed by atoms with van der Waals surface area (Å²) in [6, 6.07) is 0. The van der Waals surface area contributed by atoms with Crippen LogP contribution in [-0.4, -0.2) is 13.0 Å². The molecule has 0 saturated heterocycles. The minimum atomic E-state index is -0.435. The first kappa shape index (κ1) is 11.5. The molecular formula is C7H13NO2. The molecule has 2 N–H and O–H groups in total. The van der Waals surface area contributed by atoms with E-state index in [1.807, 2.05) is 0 Å². The molecule has 0 radical (unpaired) electrons. The lowest BCUT2D eigenvalue weighted by Crippen LogP contribution is -2.10. The molecule has 0 aliphatic carbocycles. The first-order valence-corrected chi connectivity index (χ1v) is 2.65. The number of carbonyl (C=O) groups is 1. The second-order valence-electron chi connectivity index (χ2n) is 1.55. The average molecular weight is 143 g/mol. The minimum absolute atomic E-state index is 0.398. The lowest BCUT2D eigenvalue weighted by atomic mass is 10.3. The van der Waals surface area contributed by atoms with Crippen molar-refractivity contribution in [1.82, 2.24) is 0 Å². The van der Waals surface area contributed by atoms with Gasteiger partial charge in [-0.05, 0) is 6.92 Å². The maximum absolute atomic E-state index is 9.82. The summed E-state index contributed by atoms with van der Waals surface area (Å²) in [5.74, 6) is -0.435. The molecule has 0 saturated carbocycles. The van der Waals surface area contributed by atoms with Crippen LogP contribution in [0.25, 0.3) is 0 Å². The van der Waals surface area contributed by atoms with Gasteiger partial charge >= 0.3 is 0 Å². The molecule has 0 heterocycles. The number of hydrogen-bond acceptors (Lipinski definition) is 2. The molecule has 1 amide bonds.